The Morgan fingerprint density at radius 2 is 1.76 bits per heavy atom. The van der Waals surface area contributed by atoms with Gasteiger partial charge >= 0.3 is 0 Å². The first-order valence-corrected chi connectivity index (χ1v) is 10.9. The topological polar surface area (TPSA) is 126 Å². The van der Waals surface area contributed by atoms with Crippen molar-refractivity contribution in [3.8, 4) is 11.8 Å². The van der Waals surface area contributed by atoms with Crippen LogP contribution in [-0.2, 0) is 9.59 Å². The molecule has 2 aromatic carbocycles. The third-order valence-electron chi connectivity index (χ3n) is 5.55. The molecule has 0 saturated carbocycles. The molecule has 0 fully saturated rings. The van der Waals surface area contributed by atoms with Crippen LogP contribution >= 0.6 is 0 Å². The predicted octanol–water partition coefficient (Wildman–Crippen LogP) is 2.72. The standard InChI is InChI=1S/C25H27N5O4/c1-5-18(16-10-8-7-9-11-16)27-20-21(25(34)30(6-2)24(20)33)28-19-13-15(14-26)12-17(22(19)31)23(32)29(3)4/h7-13,18,27-28,31H,5-6H2,1-4H3/t18-/m1/s1. The molecule has 0 unspecified atom stereocenters. The van der Waals surface area contributed by atoms with Crippen LogP contribution in [0.5, 0.6) is 5.75 Å². The molecule has 2 aromatic rings. The minimum absolute atomic E-state index is 0.0228. The van der Waals surface area contributed by atoms with Crippen molar-refractivity contribution < 1.29 is 19.5 Å². The monoisotopic (exact) mass is 461 g/mol. The van der Waals surface area contributed by atoms with Gasteiger partial charge in [0.05, 0.1) is 28.9 Å². The molecule has 3 amide bonds. The Balaban J connectivity index is 2.09. The second kappa shape index (κ2) is 10.1. The van der Waals surface area contributed by atoms with E-state index in [-0.39, 0.29) is 40.8 Å². The average Bonchev–Trinajstić information content (AvgIpc) is 3.06. The van der Waals surface area contributed by atoms with E-state index in [0.717, 1.165) is 10.5 Å². The molecule has 1 heterocycles. The van der Waals surface area contributed by atoms with Crippen LogP contribution in [0.25, 0.3) is 0 Å². The molecule has 0 saturated heterocycles. The molecule has 3 N–H and O–H groups in total. The summed E-state index contributed by atoms with van der Waals surface area (Å²) in [6, 6.07) is 13.8. The quantitative estimate of drug-likeness (QED) is 0.408. The van der Waals surface area contributed by atoms with Gasteiger partial charge < -0.3 is 20.6 Å². The normalized spacial score (nSPS) is 14.1. The van der Waals surface area contributed by atoms with Gasteiger partial charge in [0.25, 0.3) is 17.7 Å². The summed E-state index contributed by atoms with van der Waals surface area (Å²) in [5.74, 6) is -2.00. The third-order valence-corrected chi connectivity index (χ3v) is 5.55. The van der Waals surface area contributed by atoms with Crippen LogP contribution in [0.4, 0.5) is 5.69 Å². The van der Waals surface area contributed by atoms with Crippen LogP contribution < -0.4 is 10.6 Å². The van der Waals surface area contributed by atoms with Crippen LogP contribution in [0.1, 0.15) is 47.8 Å². The van der Waals surface area contributed by atoms with Gasteiger partial charge in [-0.1, -0.05) is 37.3 Å². The average molecular weight is 462 g/mol. The SMILES string of the molecule is CC[C@@H](NC1=C(Nc2cc(C#N)cc(C(=O)N(C)C)c2O)C(=O)N(CC)C1=O)c1ccccc1. The van der Waals surface area contributed by atoms with Crippen LogP contribution in [0.2, 0.25) is 0 Å². The summed E-state index contributed by atoms with van der Waals surface area (Å²) in [6.45, 7) is 3.80. The van der Waals surface area contributed by atoms with Gasteiger partial charge in [-0.25, -0.2) is 0 Å². The zero-order chi connectivity index (χ0) is 25.0. The molecule has 0 aromatic heterocycles. The van der Waals surface area contributed by atoms with Crippen molar-refractivity contribution in [1.82, 2.24) is 15.1 Å². The number of phenols is 1. The highest BCUT2D eigenvalue weighted by Crippen LogP contribution is 2.33. The number of carbonyl (C=O) groups excluding carboxylic acids is 3. The number of nitriles is 1. The second-order valence-electron chi connectivity index (χ2n) is 7.98. The number of anilines is 1. The molecule has 9 heteroatoms. The number of hydrogen-bond donors (Lipinski definition) is 3. The number of rotatable bonds is 8. The molecule has 0 bridgehead atoms. The lowest BCUT2D eigenvalue weighted by Crippen LogP contribution is -2.34. The number of amides is 3. The van der Waals surface area contributed by atoms with Crippen molar-refractivity contribution in [2.45, 2.75) is 26.3 Å². The molecule has 0 spiro atoms. The Labute approximate surface area is 198 Å². The smallest absolute Gasteiger partial charge is 0.279 e. The van der Waals surface area contributed by atoms with Crippen molar-refractivity contribution in [3.63, 3.8) is 0 Å². The van der Waals surface area contributed by atoms with E-state index >= 15 is 0 Å². The number of nitrogens with zero attached hydrogens (tertiary/aromatic N) is 3. The van der Waals surface area contributed by atoms with Gasteiger partial charge in [-0.05, 0) is 31.0 Å². The largest absolute Gasteiger partial charge is 0.505 e. The molecule has 3 rings (SSSR count). The van der Waals surface area contributed by atoms with Crippen molar-refractivity contribution in [3.05, 3.63) is 70.5 Å². The van der Waals surface area contributed by atoms with Gasteiger partial charge in [0, 0.05) is 20.6 Å². The summed E-state index contributed by atoms with van der Waals surface area (Å²) in [7, 11) is 3.04. The van der Waals surface area contributed by atoms with Gasteiger partial charge in [-0.2, -0.15) is 5.26 Å². The number of likely N-dealkylation sites (N-methyl/N-ethyl adjacent to an activating group) is 1. The van der Waals surface area contributed by atoms with Crippen molar-refractivity contribution in [2.24, 2.45) is 0 Å². The number of hydrogen-bond acceptors (Lipinski definition) is 7. The summed E-state index contributed by atoms with van der Waals surface area (Å²) in [5.41, 5.74) is 0.937. The maximum absolute atomic E-state index is 13.1. The molecule has 0 radical (unpaired) electrons. The lowest BCUT2D eigenvalue weighted by atomic mass is 10.0. The Kier molecular flexibility index (Phi) is 7.21. The first-order chi connectivity index (χ1) is 16.2. The fourth-order valence-electron chi connectivity index (χ4n) is 3.73. The van der Waals surface area contributed by atoms with Crippen LogP contribution in [0.15, 0.2) is 53.9 Å². The van der Waals surface area contributed by atoms with E-state index in [1.807, 2.05) is 43.3 Å². The first kappa shape index (κ1) is 24.3. The van der Waals surface area contributed by atoms with E-state index in [2.05, 4.69) is 10.6 Å². The number of nitrogens with one attached hydrogen (secondary N) is 2. The second-order valence-corrected chi connectivity index (χ2v) is 7.98. The van der Waals surface area contributed by atoms with Crippen LogP contribution in [-0.4, -0.2) is 53.3 Å². The highest BCUT2D eigenvalue weighted by molar-refractivity contribution is 6.20. The molecule has 0 aliphatic carbocycles. The fraction of sp³-hybridized carbons (Fsp3) is 0.280. The molecule has 34 heavy (non-hydrogen) atoms. The van der Waals surface area contributed by atoms with Crippen molar-refractivity contribution >= 4 is 23.4 Å². The van der Waals surface area contributed by atoms with E-state index in [1.165, 1.54) is 31.1 Å². The van der Waals surface area contributed by atoms with E-state index in [0.29, 0.717) is 6.42 Å². The van der Waals surface area contributed by atoms with Crippen LogP contribution in [0.3, 0.4) is 0 Å². The van der Waals surface area contributed by atoms with Crippen molar-refractivity contribution in [1.29, 1.82) is 5.26 Å². The van der Waals surface area contributed by atoms with E-state index in [9.17, 15) is 24.8 Å². The van der Waals surface area contributed by atoms with Gasteiger partial charge in [0.2, 0.25) is 0 Å². The summed E-state index contributed by atoms with van der Waals surface area (Å²) in [4.78, 5) is 41.0. The Morgan fingerprint density at radius 1 is 1.12 bits per heavy atom. The number of phenolic OH excluding ortho intramolecular Hbond substituents is 1. The minimum atomic E-state index is -0.569. The predicted molar refractivity (Wildman–Crippen MR) is 126 cm³/mol. The zero-order valence-corrected chi connectivity index (χ0v) is 19.5. The van der Waals surface area contributed by atoms with E-state index in [1.54, 1.807) is 6.92 Å². The van der Waals surface area contributed by atoms with Gasteiger partial charge in [0.1, 0.15) is 11.4 Å². The summed E-state index contributed by atoms with van der Waals surface area (Å²) >= 11 is 0. The number of benzene rings is 2. The molecule has 176 valence electrons. The fourth-order valence-corrected chi connectivity index (χ4v) is 3.73. The van der Waals surface area contributed by atoms with Crippen LogP contribution in [0, 0.1) is 11.3 Å². The zero-order valence-electron chi connectivity index (χ0n) is 19.5. The summed E-state index contributed by atoms with van der Waals surface area (Å²) in [6.07, 6.45) is 0.644. The summed E-state index contributed by atoms with van der Waals surface area (Å²) in [5, 5.41) is 26.2. The van der Waals surface area contributed by atoms with Gasteiger partial charge in [0.15, 0.2) is 5.75 Å². The lowest BCUT2D eigenvalue weighted by molar-refractivity contribution is -0.137. The number of imide groups is 1. The molecule has 1 aliphatic heterocycles. The molecular weight excluding hydrogens is 434 g/mol. The Hall–Kier alpha value is -4.32. The van der Waals surface area contributed by atoms with E-state index in [4.69, 9.17) is 0 Å². The van der Waals surface area contributed by atoms with E-state index < -0.39 is 23.5 Å². The minimum Gasteiger partial charge on any atom is -0.505 e. The lowest BCUT2D eigenvalue weighted by Gasteiger charge is -2.20. The summed E-state index contributed by atoms with van der Waals surface area (Å²) < 4.78 is 0. The third kappa shape index (κ3) is 4.57. The van der Waals surface area contributed by atoms with Gasteiger partial charge in [-0.3, -0.25) is 19.3 Å². The maximum Gasteiger partial charge on any atom is 0.279 e. The molecule has 1 atom stereocenters. The van der Waals surface area contributed by atoms with Crippen molar-refractivity contribution in [2.75, 3.05) is 26.0 Å². The highest BCUT2D eigenvalue weighted by atomic mass is 16.3. The Morgan fingerprint density at radius 3 is 2.32 bits per heavy atom. The highest BCUT2D eigenvalue weighted by Gasteiger charge is 2.39. The first-order valence-electron chi connectivity index (χ1n) is 10.9. The molecule has 1 aliphatic rings. The molecule has 9 nitrogen and oxygen atoms in total. The number of aromatic hydroxyl groups is 1. The maximum atomic E-state index is 13.1. The number of carbonyl (C=O) groups is 3. The Bertz CT molecular complexity index is 1200. The molecular formula is C25H27N5O4. The van der Waals surface area contributed by atoms with Gasteiger partial charge in [-0.15, -0.1) is 0 Å².